The van der Waals surface area contributed by atoms with Crippen molar-refractivity contribution in [1.82, 2.24) is 25.1 Å². The summed E-state index contributed by atoms with van der Waals surface area (Å²) in [5, 5.41) is 15.2. The van der Waals surface area contributed by atoms with Crippen LogP contribution in [0.15, 0.2) is 60.7 Å². The fourth-order valence-corrected chi connectivity index (χ4v) is 2.87. The fourth-order valence-electron chi connectivity index (χ4n) is 2.87. The molecule has 1 N–H and O–H groups in total. The number of hydrogen-bond donors (Lipinski definition) is 1. The molecule has 1 amide bonds. The van der Waals surface area contributed by atoms with Crippen molar-refractivity contribution < 1.29 is 23.4 Å². The summed E-state index contributed by atoms with van der Waals surface area (Å²) in [5.41, 5.74) is 1.05. The molecule has 0 aliphatic rings. The molecular weight excluding hydrogens is 417 g/mol. The van der Waals surface area contributed by atoms with E-state index in [1.807, 2.05) is 0 Å². The third kappa shape index (κ3) is 5.09. The molecule has 10 heteroatoms. The third-order valence-electron chi connectivity index (χ3n) is 4.42. The molecule has 4 aromatic rings. The van der Waals surface area contributed by atoms with Gasteiger partial charge in [0.05, 0.1) is 13.7 Å². The Morgan fingerprint density at radius 3 is 2.62 bits per heavy atom. The first-order chi connectivity index (χ1) is 15.6. The minimum atomic E-state index is -0.377. The first-order valence-electron chi connectivity index (χ1n) is 9.77. The number of nitrogens with one attached hydrogen (secondary N) is 1. The molecule has 2 aromatic heterocycles. The van der Waals surface area contributed by atoms with Crippen molar-refractivity contribution in [3.05, 3.63) is 66.5 Å². The van der Waals surface area contributed by atoms with E-state index in [2.05, 4.69) is 20.6 Å². The lowest BCUT2D eigenvalue weighted by atomic mass is 10.2. The highest BCUT2D eigenvalue weighted by atomic mass is 19.1. The summed E-state index contributed by atoms with van der Waals surface area (Å²) in [4.78, 5) is 11.9. The Bertz CT molecular complexity index is 1210. The highest BCUT2D eigenvalue weighted by Crippen LogP contribution is 2.20. The maximum absolute atomic E-state index is 13.5. The van der Waals surface area contributed by atoms with Crippen molar-refractivity contribution in [2.45, 2.75) is 0 Å². The van der Waals surface area contributed by atoms with E-state index in [1.165, 1.54) is 16.6 Å². The van der Waals surface area contributed by atoms with Gasteiger partial charge in [-0.2, -0.15) is 4.52 Å². The van der Waals surface area contributed by atoms with Crippen molar-refractivity contribution in [2.24, 2.45) is 0 Å². The van der Waals surface area contributed by atoms with Crippen LogP contribution in [0.1, 0.15) is 0 Å². The third-order valence-corrected chi connectivity index (χ3v) is 4.42. The van der Waals surface area contributed by atoms with Crippen LogP contribution in [0.2, 0.25) is 0 Å². The summed E-state index contributed by atoms with van der Waals surface area (Å²) in [7, 11) is 1.58. The van der Waals surface area contributed by atoms with Gasteiger partial charge < -0.3 is 19.5 Å². The van der Waals surface area contributed by atoms with Crippen molar-refractivity contribution in [3.8, 4) is 28.8 Å². The van der Waals surface area contributed by atoms with Crippen LogP contribution in [-0.2, 0) is 4.79 Å². The van der Waals surface area contributed by atoms with Gasteiger partial charge in [0.25, 0.3) is 5.91 Å². The van der Waals surface area contributed by atoms with E-state index in [4.69, 9.17) is 14.2 Å². The SMILES string of the molecule is COc1ccc(OCC(=O)NCCOc2ccc3nnc(-c4cccc(F)c4)n3n2)cc1. The molecule has 0 unspecified atom stereocenters. The van der Waals surface area contributed by atoms with Crippen molar-refractivity contribution in [1.29, 1.82) is 0 Å². The largest absolute Gasteiger partial charge is 0.497 e. The Morgan fingerprint density at radius 2 is 1.84 bits per heavy atom. The second-order valence-corrected chi connectivity index (χ2v) is 6.64. The maximum atomic E-state index is 13.5. The van der Waals surface area contributed by atoms with Gasteiger partial charge in [0.15, 0.2) is 18.1 Å². The van der Waals surface area contributed by atoms with Gasteiger partial charge in [0.1, 0.15) is 23.9 Å². The smallest absolute Gasteiger partial charge is 0.258 e. The number of fused-ring (bicyclic) bond motifs is 1. The second-order valence-electron chi connectivity index (χ2n) is 6.64. The number of amides is 1. The monoisotopic (exact) mass is 437 g/mol. The van der Waals surface area contributed by atoms with Gasteiger partial charge >= 0.3 is 0 Å². The first kappa shape index (κ1) is 21.0. The Balaban J connectivity index is 1.27. The van der Waals surface area contributed by atoms with Crippen LogP contribution in [0, 0.1) is 5.82 Å². The molecule has 0 saturated heterocycles. The van der Waals surface area contributed by atoms with Crippen LogP contribution < -0.4 is 19.5 Å². The number of benzene rings is 2. The summed E-state index contributed by atoms with van der Waals surface area (Å²) in [6.07, 6.45) is 0. The molecule has 4 rings (SSSR count). The number of hydrogen-bond acceptors (Lipinski definition) is 7. The minimum absolute atomic E-state index is 0.117. The number of nitrogens with zero attached hydrogens (tertiary/aromatic N) is 4. The van der Waals surface area contributed by atoms with Crippen molar-refractivity contribution >= 4 is 11.6 Å². The number of halogens is 1. The lowest BCUT2D eigenvalue weighted by molar-refractivity contribution is -0.123. The Hall–Kier alpha value is -4.21. The number of rotatable bonds is 9. The molecule has 0 bridgehead atoms. The summed E-state index contributed by atoms with van der Waals surface area (Å²) in [6, 6.07) is 16.3. The molecule has 0 spiro atoms. The zero-order valence-corrected chi connectivity index (χ0v) is 17.2. The zero-order valence-electron chi connectivity index (χ0n) is 17.2. The topological polar surface area (TPSA) is 99.9 Å². The molecule has 9 nitrogen and oxygen atoms in total. The summed E-state index contributed by atoms with van der Waals surface area (Å²) in [6.45, 7) is 0.349. The highest BCUT2D eigenvalue weighted by molar-refractivity contribution is 5.77. The van der Waals surface area contributed by atoms with Gasteiger partial charge in [-0.05, 0) is 42.5 Å². The molecular formula is C22H20FN5O4. The molecule has 0 aliphatic carbocycles. The average Bonchev–Trinajstić information content (AvgIpc) is 3.24. The maximum Gasteiger partial charge on any atom is 0.258 e. The molecule has 0 atom stereocenters. The number of ether oxygens (including phenoxy) is 3. The van der Waals surface area contributed by atoms with Gasteiger partial charge in [-0.1, -0.05) is 12.1 Å². The lowest BCUT2D eigenvalue weighted by Gasteiger charge is -2.09. The average molecular weight is 437 g/mol. The number of methoxy groups -OCH3 is 1. The van der Waals surface area contributed by atoms with Crippen molar-refractivity contribution in [3.63, 3.8) is 0 Å². The van der Waals surface area contributed by atoms with Crippen LogP contribution in [0.3, 0.4) is 0 Å². The van der Waals surface area contributed by atoms with Crippen LogP contribution in [0.25, 0.3) is 17.0 Å². The van der Waals surface area contributed by atoms with E-state index in [0.29, 0.717) is 34.4 Å². The molecule has 0 aliphatic heterocycles. The quantitative estimate of drug-likeness (QED) is 0.402. The molecule has 0 fully saturated rings. The van der Waals surface area contributed by atoms with Gasteiger partial charge in [-0.25, -0.2) is 4.39 Å². The number of aromatic nitrogens is 4. The van der Waals surface area contributed by atoms with Crippen molar-refractivity contribution in [2.75, 3.05) is 26.9 Å². The van der Waals surface area contributed by atoms with Gasteiger partial charge in [-0.15, -0.1) is 15.3 Å². The number of carbonyl (C=O) groups excluding carboxylic acids is 1. The molecule has 164 valence electrons. The predicted molar refractivity (Wildman–Crippen MR) is 113 cm³/mol. The van der Waals surface area contributed by atoms with E-state index in [0.717, 1.165) is 0 Å². The minimum Gasteiger partial charge on any atom is -0.497 e. The molecule has 0 radical (unpaired) electrons. The van der Waals surface area contributed by atoms with E-state index in [-0.39, 0.29) is 31.5 Å². The summed E-state index contributed by atoms with van der Waals surface area (Å²) in [5.74, 6) is 1.34. The standard InChI is InChI=1S/C22H20FN5O4/c1-30-17-5-7-18(8-6-17)32-14-20(29)24-11-12-31-21-10-9-19-25-26-22(28(19)27-21)15-3-2-4-16(23)13-15/h2-10,13H,11-12,14H2,1H3,(H,24,29). The van der Waals surface area contributed by atoms with Gasteiger partial charge in [0, 0.05) is 11.6 Å². The zero-order chi connectivity index (χ0) is 22.3. The van der Waals surface area contributed by atoms with Crippen LogP contribution >= 0.6 is 0 Å². The molecule has 32 heavy (non-hydrogen) atoms. The normalized spacial score (nSPS) is 10.7. The van der Waals surface area contributed by atoms with Crippen LogP contribution in [-0.4, -0.2) is 52.6 Å². The van der Waals surface area contributed by atoms with E-state index in [9.17, 15) is 9.18 Å². The molecule has 0 saturated carbocycles. The number of carbonyl (C=O) groups is 1. The van der Waals surface area contributed by atoms with Crippen LogP contribution in [0.4, 0.5) is 4.39 Å². The molecule has 2 heterocycles. The Morgan fingerprint density at radius 1 is 1.03 bits per heavy atom. The van der Waals surface area contributed by atoms with E-state index in [1.54, 1.807) is 55.6 Å². The summed E-state index contributed by atoms with van der Waals surface area (Å²) >= 11 is 0. The van der Waals surface area contributed by atoms with E-state index < -0.39 is 0 Å². The van der Waals surface area contributed by atoms with Crippen LogP contribution in [0.5, 0.6) is 17.4 Å². The Labute approximate surface area is 182 Å². The lowest BCUT2D eigenvalue weighted by Crippen LogP contribution is -2.32. The summed E-state index contributed by atoms with van der Waals surface area (Å²) < 4.78 is 31.1. The van der Waals surface area contributed by atoms with E-state index >= 15 is 0 Å². The van der Waals surface area contributed by atoms with Gasteiger partial charge in [0.2, 0.25) is 5.88 Å². The fraction of sp³-hybridized carbons (Fsp3) is 0.182. The predicted octanol–water partition coefficient (Wildman–Crippen LogP) is 2.51. The molecule has 2 aromatic carbocycles. The Kier molecular flexibility index (Phi) is 6.40. The second kappa shape index (κ2) is 9.73. The first-order valence-corrected chi connectivity index (χ1v) is 9.77. The highest BCUT2D eigenvalue weighted by Gasteiger charge is 2.11. The van der Waals surface area contributed by atoms with Gasteiger partial charge in [-0.3, -0.25) is 4.79 Å².